The lowest BCUT2D eigenvalue weighted by Gasteiger charge is -2.16. The number of amides is 1. The first-order chi connectivity index (χ1) is 10.9. The lowest BCUT2D eigenvalue weighted by atomic mass is 10.2. The Morgan fingerprint density at radius 3 is 2.26 bits per heavy atom. The number of sulfonamides is 1. The Morgan fingerprint density at radius 2 is 1.74 bits per heavy atom. The molecule has 1 N–H and O–H groups in total. The summed E-state index contributed by atoms with van der Waals surface area (Å²) >= 11 is 0. The summed E-state index contributed by atoms with van der Waals surface area (Å²) in [5.41, 5.74) is 0.279. The fraction of sp³-hybridized carbons (Fsp3) is 0.467. The third-order valence-electron chi connectivity index (χ3n) is 3.72. The first-order valence-corrected chi connectivity index (χ1v) is 8.79. The zero-order chi connectivity index (χ0) is 17.0. The van der Waals surface area contributed by atoms with Crippen molar-refractivity contribution in [3.8, 4) is 0 Å². The molecule has 1 saturated heterocycles. The molecule has 23 heavy (non-hydrogen) atoms. The Bertz CT molecular complexity index is 678. The minimum atomic E-state index is -3.49. The molecule has 0 unspecified atom stereocenters. The minimum absolute atomic E-state index is 0.164. The maximum Gasteiger partial charge on any atom is 0.328 e. The molecular weight excluding hydrogens is 320 g/mol. The van der Waals surface area contributed by atoms with Crippen molar-refractivity contribution in [1.82, 2.24) is 9.62 Å². The quantitative estimate of drug-likeness (QED) is 0.799. The molecule has 0 spiro atoms. The molecule has 0 saturated carbocycles. The molecule has 1 aromatic carbocycles. The smallest absolute Gasteiger partial charge is 0.328 e. The van der Waals surface area contributed by atoms with Crippen molar-refractivity contribution in [2.45, 2.75) is 30.7 Å². The van der Waals surface area contributed by atoms with E-state index < -0.39 is 27.9 Å². The summed E-state index contributed by atoms with van der Waals surface area (Å²) in [6.07, 6.45) is 1.73. The lowest BCUT2D eigenvalue weighted by Crippen LogP contribution is -2.39. The van der Waals surface area contributed by atoms with Crippen LogP contribution in [-0.4, -0.2) is 50.8 Å². The van der Waals surface area contributed by atoms with Crippen molar-refractivity contribution in [1.29, 1.82) is 0 Å². The molecule has 1 heterocycles. The molecule has 2 rings (SSSR count). The van der Waals surface area contributed by atoms with E-state index in [1.165, 1.54) is 42.6 Å². The second-order valence-corrected chi connectivity index (χ2v) is 7.29. The number of rotatable bonds is 5. The van der Waals surface area contributed by atoms with Gasteiger partial charge >= 0.3 is 5.97 Å². The maximum atomic E-state index is 12.4. The number of hydrogen-bond donors (Lipinski definition) is 1. The molecule has 0 aliphatic carbocycles. The molecule has 1 aliphatic heterocycles. The number of methoxy groups -OCH3 is 1. The van der Waals surface area contributed by atoms with Crippen LogP contribution >= 0.6 is 0 Å². The highest BCUT2D eigenvalue weighted by Gasteiger charge is 2.27. The van der Waals surface area contributed by atoms with Crippen LogP contribution in [0.1, 0.15) is 30.1 Å². The first kappa shape index (κ1) is 17.4. The number of esters is 1. The number of nitrogens with zero attached hydrogens (tertiary/aromatic N) is 1. The molecule has 1 atom stereocenters. The lowest BCUT2D eigenvalue weighted by molar-refractivity contribution is -0.142. The van der Waals surface area contributed by atoms with Gasteiger partial charge in [0.05, 0.1) is 12.0 Å². The van der Waals surface area contributed by atoms with Gasteiger partial charge in [-0.3, -0.25) is 4.79 Å². The van der Waals surface area contributed by atoms with Gasteiger partial charge in [0.25, 0.3) is 5.91 Å². The van der Waals surface area contributed by atoms with Crippen LogP contribution in [0.2, 0.25) is 0 Å². The Balaban J connectivity index is 2.10. The van der Waals surface area contributed by atoms with Crippen molar-refractivity contribution < 1.29 is 22.7 Å². The van der Waals surface area contributed by atoms with Crippen molar-refractivity contribution in [2.24, 2.45) is 0 Å². The number of nitrogens with one attached hydrogen (secondary N) is 1. The molecule has 126 valence electrons. The van der Waals surface area contributed by atoms with E-state index in [-0.39, 0.29) is 10.5 Å². The summed E-state index contributed by atoms with van der Waals surface area (Å²) in [6, 6.07) is 4.90. The second kappa shape index (κ2) is 7.10. The van der Waals surface area contributed by atoms with Crippen LogP contribution in [0, 0.1) is 0 Å². The molecule has 7 nitrogen and oxygen atoms in total. The van der Waals surface area contributed by atoms with Crippen molar-refractivity contribution in [3.63, 3.8) is 0 Å². The van der Waals surface area contributed by atoms with Crippen LogP contribution in [0.3, 0.4) is 0 Å². The van der Waals surface area contributed by atoms with Gasteiger partial charge in [0.1, 0.15) is 6.04 Å². The van der Waals surface area contributed by atoms with E-state index in [2.05, 4.69) is 10.1 Å². The number of hydrogen-bond acceptors (Lipinski definition) is 5. The van der Waals surface area contributed by atoms with Crippen LogP contribution in [0.15, 0.2) is 29.2 Å². The maximum absolute atomic E-state index is 12.4. The van der Waals surface area contributed by atoms with E-state index in [9.17, 15) is 18.0 Å². The molecule has 0 radical (unpaired) electrons. The summed E-state index contributed by atoms with van der Waals surface area (Å²) in [4.78, 5) is 23.5. The molecule has 1 aromatic rings. The highest BCUT2D eigenvalue weighted by Crippen LogP contribution is 2.21. The average molecular weight is 340 g/mol. The Labute approximate surface area is 135 Å². The van der Waals surface area contributed by atoms with Gasteiger partial charge in [0, 0.05) is 18.7 Å². The third-order valence-corrected chi connectivity index (χ3v) is 5.63. The minimum Gasteiger partial charge on any atom is -0.467 e. The van der Waals surface area contributed by atoms with E-state index >= 15 is 0 Å². The summed E-state index contributed by atoms with van der Waals surface area (Å²) in [6.45, 7) is 2.57. The Kier molecular flexibility index (Phi) is 5.38. The normalized spacial score (nSPS) is 16.8. The molecule has 1 fully saturated rings. The average Bonchev–Trinajstić information content (AvgIpc) is 3.09. The van der Waals surface area contributed by atoms with Crippen LogP contribution in [0.5, 0.6) is 0 Å². The van der Waals surface area contributed by atoms with Gasteiger partial charge in [-0.15, -0.1) is 0 Å². The molecule has 1 aliphatic rings. The molecule has 8 heteroatoms. The fourth-order valence-electron chi connectivity index (χ4n) is 2.37. The van der Waals surface area contributed by atoms with Gasteiger partial charge in [0.15, 0.2) is 0 Å². The van der Waals surface area contributed by atoms with Crippen LogP contribution in [-0.2, 0) is 19.6 Å². The number of ether oxygens (including phenoxy) is 1. The SMILES string of the molecule is COC(=O)[C@@H](C)NC(=O)c1ccc(S(=O)(=O)N2CCCC2)cc1. The van der Waals surface area contributed by atoms with E-state index in [4.69, 9.17) is 0 Å². The van der Waals surface area contributed by atoms with Crippen molar-refractivity contribution >= 4 is 21.9 Å². The highest BCUT2D eigenvalue weighted by atomic mass is 32.2. The summed E-state index contributed by atoms with van der Waals surface area (Å²) in [7, 11) is -2.26. The van der Waals surface area contributed by atoms with Gasteiger partial charge in [-0.05, 0) is 44.0 Å². The van der Waals surface area contributed by atoms with Gasteiger partial charge < -0.3 is 10.1 Å². The van der Waals surface area contributed by atoms with Gasteiger partial charge in [0.2, 0.25) is 10.0 Å². The van der Waals surface area contributed by atoms with Crippen LogP contribution in [0.25, 0.3) is 0 Å². The topological polar surface area (TPSA) is 92.8 Å². The van der Waals surface area contributed by atoms with Gasteiger partial charge in [-0.25, -0.2) is 13.2 Å². The zero-order valence-corrected chi connectivity index (χ0v) is 13.9. The third kappa shape index (κ3) is 3.89. The molecule has 1 amide bonds. The molecule has 0 bridgehead atoms. The second-order valence-electron chi connectivity index (χ2n) is 5.35. The Morgan fingerprint density at radius 1 is 1.17 bits per heavy atom. The standard InChI is InChI=1S/C15H20N2O5S/c1-11(15(19)22-2)16-14(18)12-5-7-13(8-6-12)23(20,21)17-9-3-4-10-17/h5-8,11H,3-4,9-10H2,1-2H3,(H,16,18)/t11-/m1/s1. The van der Waals surface area contributed by atoms with Crippen LogP contribution < -0.4 is 5.32 Å². The van der Waals surface area contributed by atoms with Crippen LogP contribution in [0.4, 0.5) is 0 Å². The van der Waals surface area contributed by atoms with Crippen molar-refractivity contribution in [2.75, 3.05) is 20.2 Å². The van der Waals surface area contributed by atoms with E-state index in [0.717, 1.165) is 12.8 Å². The highest BCUT2D eigenvalue weighted by molar-refractivity contribution is 7.89. The van der Waals surface area contributed by atoms with Gasteiger partial charge in [-0.1, -0.05) is 0 Å². The predicted molar refractivity (Wildman–Crippen MR) is 83.4 cm³/mol. The first-order valence-electron chi connectivity index (χ1n) is 7.35. The zero-order valence-electron chi connectivity index (χ0n) is 13.1. The van der Waals surface area contributed by atoms with E-state index in [1.54, 1.807) is 0 Å². The monoisotopic (exact) mass is 340 g/mol. The number of benzene rings is 1. The predicted octanol–water partition coefficient (Wildman–Crippen LogP) is 0.762. The van der Waals surface area contributed by atoms with Gasteiger partial charge in [-0.2, -0.15) is 4.31 Å². The largest absolute Gasteiger partial charge is 0.467 e. The van der Waals surface area contributed by atoms with Crippen molar-refractivity contribution in [3.05, 3.63) is 29.8 Å². The summed E-state index contributed by atoms with van der Waals surface area (Å²) in [5.74, 6) is -1.01. The summed E-state index contributed by atoms with van der Waals surface area (Å²) < 4.78 is 30.7. The molecular formula is C15H20N2O5S. The molecule has 0 aromatic heterocycles. The Hall–Kier alpha value is -1.93. The summed E-state index contributed by atoms with van der Waals surface area (Å²) in [5, 5.41) is 2.49. The fourth-order valence-corrected chi connectivity index (χ4v) is 3.89. The number of carbonyl (C=O) groups excluding carboxylic acids is 2. The number of carbonyl (C=O) groups is 2. The van der Waals surface area contributed by atoms with E-state index in [1.807, 2.05) is 0 Å². The van der Waals surface area contributed by atoms with E-state index in [0.29, 0.717) is 13.1 Å².